The van der Waals surface area contributed by atoms with Crippen molar-refractivity contribution in [1.82, 2.24) is 14.5 Å². The molecule has 0 aliphatic carbocycles. The average molecular weight is 624 g/mol. The van der Waals surface area contributed by atoms with Gasteiger partial charge in [-0.05, 0) is 80.8 Å². The second kappa shape index (κ2) is 11.0. The second-order valence-corrected chi connectivity index (χ2v) is 12.7. The van der Waals surface area contributed by atoms with Gasteiger partial charge in [-0.25, -0.2) is 9.97 Å². The fourth-order valence-electron chi connectivity index (χ4n) is 7.28. The molecule has 0 unspecified atom stereocenters. The molecule has 49 heavy (non-hydrogen) atoms. The lowest BCUT2D eigenvalue weighted by atomic mass is 10.0. The molecule has 228 valence electrons. The molecule has 0 aliphatic rings. The fraction of sp³-hybridized carbons (Fsp3) is 0. The second-order valence-electron chi connectivity index (χ2n) is 12.7. The number of hydrogen-bond acceptors (Lipinski definition) is 2. The van der Waals surface area contributed by atoms with Crippen LogP contribution in [0.1, 0.15) is 0 Å². The Balaban J connectivity index is 1.15. The summed E-state index contributed by atoms with van der Waals surface area (Å²) in [5.41, 5.74) is 8.45. The lowest BCUT2D eigenvalue weighted by Gasteiger charge is -2.12. The third kappa shape index (κ3) is 4.67. The van der Waals surface area contributed by atoms with E-state index in [1.807, 2.05) is 6.07 Å². The van der Waals surface area contributed by atoms with Crippen molar-refractivity contribution in [3.8, 4) is 39.6 Å². The topological polar surface area (TPSA) is 30.7 Å². The molecule has 0 aliphatic heterocycles. The Morgan fingerprint density at radius 1 is 0.327 bits per heavy atom. The maximum Gasteiger partial charge on any atom is 0.160 e. The number of benzene rings is 8. The Kier molecular flexibility index (Phi) is 6.18. The number of nitrogens with zero attached hydrogens (tertiary/aromatic N) is 3. The van der Waals surface area contributed by atoms with Crippen LogP contribution < -0.4 is 0 Å². The molecule has 3 nitrogen and oxygen atoms in total. The van der Waals surface area contributed by atoms with E-state index in [1.165, 1.54) is 48.7 Å². The molecule has 10 aromatic rings. The molecule has 0 atom stereocenters. The zero-order valence-corrected chi connectivity index (χ0v) is 26.6. The summed E-state index contributed by atoms with van der Waals surface area (Å²) in [6.45, 7) is 0. The molecule has 2 heterocycles. The number of hydrogen-bond donors (Lipinski definition) is 0. The van der Waals surface area contributed by atoms with Gasteiger partial charge >= 0.3 is 0 Å². The number of aromatic nitrogens is 3. The van der Waals surface area contributed by atoms with Crippen LogP contribution in [0.5, 0.6) is 0 Å². The number of fused-ring (bicyclic) bond motifs is 6. The maximum atomic E-state index is 5.18. The Morgan fingerprint density at radius 2 is 0.918 bits per heavy atom. The van der Waals surface area contributed by atoms with Gasteiger partial charge in [0.25, 0.3) is 0 Å². The normalized spacial score (nSPS) is 11.7. The molecule has 0 amide bonds. The highest BCUT2D eigenvalue weighted by atomic mass is 15.0. The van der Waals surface area contributed by atoms with E-state index < -0.39 is 0 Å². The predicted octanol–water partition coefficient (Wildman–Crippen LogP) is 12.0. The zero-order valence-electron chi connectivity index (χ0n) is 26.6. The molecule has 0 saturated heterocycles. The van der Waals surface area contributed by atoms with Gasteiger partial charge in [-0.1, -0.05) is 127 Å². The van der Waals surface area contributed by atoms with Gasteiger partial charge in [0.1, 0.15) is 0 Å². The van der Waals surface area contributed by atoms with Crippen molar-refractivity contribution in [1.29, 1.82) is 0 Å². The summed E-state index contributed by atoms with van der Waals surface area (Å²) in [5, 5.41) is 9.72. The van der Waals surface area contributed by atoms with E-state index in [1.54, 1.807) is 0 Å². The monoisotopic (exact) mass is 623 g/mol. The van der Waals surface area contributed by atoms with Crippen molar-refractivity contribution in [3.05, 3.63) is 176 Å². The van der Waals surface area contributed by atoms with Crippen molar-refractivity contribution in [2.24, 2.45) is 0 Å². The average Bonchev–Trinajstić information content (AvgIpc) is 3.49. The smallest absolute Gasteiger partial charge is 0.160 e. The SMILES string of the molecule is c1ccc(-c2cc(-c3ccc4ccccc4c3)nc(-c3ccc4ccc(-n5c6ccccc6c6cc7ccccc7cc65)cc4c3)n2)cc1. The molecule has 3 heteroatoms. The standard InChI is InChI=1S/C46H29N3/c1-2-11-32(12-3-1)42-29-43(36-20-18-30-10-4-5-13-33(30)24-36)48-46(47-42)37-21-19-31-22-23-39(26-38(31)25-37)49-44-17-9-8-16-40(44)41-27-34-14-6-7-15-35(34)28-45(41)49/h1-29H. The molecule has 0 radical (unpaired) electrons. The van der Waals surface area contributed by atoms with Crippen LogP contribution in [0.3, 0.4) is 0 Å². The van der Waals surface area contributed by atoms with Crippen LogP contribution in [0.4, 0.5) is 0 Å². The van der Waals surface area contributed by atoms with Crippen LogP contribution in [-0.2, 0) is 0 Å². The third-order valence-corrected chi connectivity index (χ3v) is 9.72. The van der Waals surface area contributed by atoms with E-state index in [4.69, 9.17) is 9.97 Å². The Hall–Kier alpha value is -6.58. The summed E-state index contributed by atoms with van der Waals surface area (Å²) in [7, 11) is 0. The van der Waals surface area contributed by atoms with Gasteiger partial charge in [-0.2, -0.15) is 0 Å². The number of para-hydroxylation sites is 1. The quantitative estimate of drug-likeness (QED) is 0.195. The molecule has 2 aromatic heterocycles. The van der Waals surface area contributed by atoms with Gasteiger partial charge in [0.05, 0.1) is 22.4 Å². The molecule has 0 bridgehead atoms. The van der Waals surface area contributed by atoms with Gasteiger partial charge in [0.2, 0.25) is 0 Å². The first-order valence-electron chi connectivity index (χ1n) is 16.7. The van der Waals surface area contributed by atoms with Crippen molar-refractivity contribution >= 4 is 54.1 Å². The van der Waals surface area contributed by atoms with E-state index >= 15 is 0 Å². The van der Waals surface area contributed by atoms with E-state index in [-0.39, 0.29) is 0 Å². The highest BCUT2D eigenvalue weighted by Gasteiger charge is 2.15. The molecule has 8 aromatic carbocycles. The first kappa shape index (κ1) is 27.5. The van der Waals surface area contributed by atoms with Crippen LogP contribution >= 0.6 is 0 Å². The summed E-state index contributed by atoms with van der Waals surface area (Å²) in [4.78, 5) is 10.3. The molecule has 0 saturated carbocycles. The predicted molar refractivity (Wildman–Crippen MR) is 205 cm³/mol. The molecule has 0 spiro atoms. The van der Waals surface area contributed by atoms with Crippen LogP contribution in [0.15, 0.2) is 176 Å². The molecule has 0 N–H and O–H groups in total. The van der Waals surface area contributed by atoms with Crippen molar-refractivity contribution in [2.75, 3.05) is 0 Å². The third-order valence-electron chi connectivity index (χ3n) is 9.72. The largest absolute Gasteiger partial charge is 0.309 e. The van der Waals surface area contributed by atoms with E-state index in [0.717, 1.165) is 39.2 Å². The van der Waals surface area contributed by atoms with E-state index in [9.17, 15) is 0 Å². The summed E-state index contributed by atoms with van der Waals surface area (Å²) in [5.74, 6) is 0.708. The first-order valence-corrected chi connectivity index (χ1v) is 16.7. The van der Waals surface area contributed by atoms with Crippen molar-refractivity contribution in [3.63, 3.8) is 0 Å². The van der Waals surface area contributed by atoms with Gasteiger partial charge in [0, 0.05) is 33.2 Å². The lowest BCUT2D eigenvalue weighted by molar-refractivity contribution is 1.18. The highest BCUT2D eigenvalue weighted by molar-refractivity contribution is 6.13. The van der Waals surface area contributed by atoms with Crippen LogP contribution in [0.25, 0.3) is 93.7 Å². The first-order chi connectivity index (χ1) is 24.2. The van der Waals surface area contributed by atoms with E-state index in [0.29, 0.717) is 5.82 Å². The summed E-state index contributed by atoms with van der Waals surface area (Å²) >= 11 is 0. The molecular formula is C46H29N3. The van der Waals surface area contributed by atoms with Crippen LogP contribution in [-0.4, -0.2) is 14.5 Å². The van der Waals surface area contributed by atoms with E-state index in [2.05, 4.69) is 174 Å². The molecular weight excluding hydrogens is 595 g/mol. The highest BCUT2D eigenvalue weighted by Crippen LogP contribution is 2.36. The lowest BCUT2D eigenvalue weighted by Crippen LogP contribution is -1.96. The Labute approximate surface area is 283 Å². The van der Waals surface area contributed by atoms with Gasteiger partial charge < -0.3 is 4.57 Å². The summed E-state index contributed by atoms with van der Waals surface area (Å²) in [6.07, 6.45) is 0. The Bertz CT molecular complexity index is 2880. The zero-order chi connectivity index (χ0) is 32.3. The van der Waals surface area contributed by atoms with Gasteiger partial charge in [-0.15, -0.1) is 0 Å². The number of rotatable bonds is 4. The van der Waals surface area contributed by atoms with Gasteiger partial charge in [0.15, 0.2) is 5.82 Å². The minimum absolute atomic E-state index is 0.708. The minimum Gasteiger partial charge on any atom is -0.309 e. The van der Waals surface area contributed by atoms with Crippen molar-refractivity contribution in [2.45, 2.75) is 0 Å². The molecule has 0 fully saturated rings. The van der Waals surface area contributed by atoms with Crippen molar-refractivity contribution < 1.29 is 0 Å². The summed E-state index contributed by atoms with van der Waals surface area (Å²) < 4.78 is 2.40. The fourth-order valence-corrected chi connectivity index (χ4v) is 7.28. The molecule has 10 rings (SSSR count). The Morgan fingerprint density at radius 3 is 1.73 bits per heavy atom. The minimum atomic E-state index is 0.708. The summed E-state index contributed by atoms with van der Waals surface area (Å²) in [6, 6.07) is 62.7. The van der Waals surface area contributed by atoms with Gasteiger partial charge in [-0.3, -0.25) is 0 Å². The van der Waals surface area contributed by atoms with Crippen LogP contribution in [0, 0.1) is 0 Å². The maximum absolute atomic E-state index is 5.18. The van der Waals surface area contributed by atoms with Crippen LogP contribution in [0.2, 0.25) is 0 Å².